The van der Waals surface area contributed by atoms with E-state index in [9.17, 15) is 0 Å². The van der Waals surface area contributed by atoms with Crippen molar-refractivity contribution < 1.29 is 0 Å². The highest BCUT2D eigenvalue weighted by atomic mass is 15.3. The van der Waals surface area contributed by atoms with Gasteiger partial charge in [-0.25, -0.2) is 9.67 Å². The van der Waals surface area contributed by atoms with E-state index in [1.54, 1.807) is 0 Å². The Hall–Kier alpha value is -1.84. The lowest BCUT2D eigenvalue weighted by Crippen LogP contribution is -1.94. The van der Waals surface area contributed by atoms with Crippen molar-refractivity contribution in [1.82, 2.24) is 14.8 Å². The second-order valence-electron chi connectivity index (χ2n) is 4.31. The molecule has 0 atom stereocenters. The third-order valence-electron chi connectivity index (χ3n) is 2.89. The normalized spacial score (nSPS) is 15.3. The van der Waals surface area contributed by atoms with E-state index < -0.39 is 0 Å². The first-order chi connectivity index (χ1) is 7.74. The van der Waals surface area contributed by atoms with Gasteiger partial charge in [-0.15, -0.1) is 0 Å². The van der Waals surface area contributed by atoms with Gasteiger partial charge in [0.25, 0.3) is 0 Å². The van der Waals surface area contributed by atoms with E-state index in [0.29, 0.717) is 5.92 Å². The predicted octanol–water partition coefficient (Wildman–Crippen LogP) is 1.94. The summed E-state index contributed by atoms with van der Waals surface area (Å²) in [4.78, 5) is 4.58. The molecule has 4 nitrogen and oxygen atoms in total. The van der Waals surface area contributed by atoms with E-state index in [2.05, 4.69) is 10.1 Å². The van der Waals surface area contributed by atoms with Crippen LogP contribution in [0.1, 0.15) is 24.6 Å². The number of hydrogen-bond acceptors (Lipinski definition) is 3. The van der Waals surface area contributed by atoms with Crippen LogP contribution in [0.3, 0.4) is 0 Å². The van der Waals surface area contributed by atoms with Gasteiger partial charge in [0.05, 0.1) is 0 Å². The number of aromatic nitrogens is 3. The Morgan fingerprint density at radius 1 is 1.25 bits per heavy atom. The molecular formula is C12H14N4. The van der Waals surface area contributed by atoms with Crippen LogP contribution in [0.4, 0.5) is 5.69 Å². The summed E-state index contributed by atoms with van der Waals surface area (Å²) >= 11 is 0. The fourth-order valence-corrected chi connectivity index (χ4v) is 1.80. The first-order valence-corrected chi connectivity index (χ1v) is 5.51. The molecule has 3 rings (SSSR count). The number of rotatable bonds is 2. The second-order valence-corrected chi connectivity index (χ2v) is 4.31. The summed E-state index contributed by atoms with van der Waals surface area (Å²) in [7, 11) is 1.94. The Bertz CT molecular complexity index is 508. The zero-order valence-electron chi connectivity index (χ0n) is 9.22. The van der Waals surface area contributed by atoms with E-state index in [1.165, 1.54) is 12.8 Å². The molecule has 2 N–H and O–H groups in total. The molecule has 1 aliphatic carbocycles. The van der Waals surface area contributed by atoms with Crippen molar-refractivity contribution in [3.05, 3.63) is 30.1 Å². The van der Waals surface area contributed by atoms with Gasteiger partial charge in [0, 0.05) is 24.2 Å². The lowest BCUT2D eigenvalue weighted by Gasteiger charge is -1.99. The minimum absolute atomic E-state index is 0.591. The molecular weight excluding hydrogens is 200 g/mol. The molecule has 1 saturated carbocycles. The van der Waals surface area contributed by atoms with E-state index in [1.807, 2.05) is 36.0 Å². The van der Waals surface area contributed by atoms with Crippen LogP contribution < -0.4 is 5.73 Å². The predicted molar refractivity (Wildman–Crippen MR) is 62.8 cm³/mol. The van der Waals surface area contributed by atoms with Crippen LogP contribution >= 0.6 is 0 Å². The fraction of sp³-hybridized carbons (Fsp3) is 0.333. The molecule has 1 aliphatic rings. The molecule has 4 heteroatoms. The number of benzene rings is 1. The van der Waals surface area contributed by atoms with E-state index in [-0.39, 0.29) is 0 Å². The molecule has 1 heterocycles. The Kier molecular flexibility index (Phi) is 1.96. The monoisotopic (exact) mass is 214 g/mol. The molecule has 0 bridgehead atoms. The Morgan fingerprint density at radius 2 is 1.94 bits per heavy atom. The number of hydrogen-bond donors (Lipinski definition) is 1. The largest absolute Gasteiger partial charge is 0.399 e. The SMILES string of the molecule is Cn1nc(C2CC2)nc1-c1ccc(N)cc1. The van der Waals surface area contributed by atoms with Crippen molar-refractivity contribution >= 4 is 5.69 Å². The van der Waals surface area contributed by atoms with E-state index in [0.717, 1.165) is 22.9 Å². The van der Waals surface area contributed by atoms with E-state index in [4.69, 9.17) is 5.73 Å². The first-order valence-electron chi connectivity index (χ1n) is 5.51. The molecule has 0 radical (unpaired) electrons. The van der Waals surface area contributed by atoms with Crippen LogP contribution in [0.25, 0.3) is 11.4 Å². The van der Waals surface area contributed by atoms with Crippen LogP contribution in [-0.2, 0) is 7.05 Å². The zero-order chi connectivity index (χ0) is 11.1. The van der Waals surface area contributed by atoms with Gasteiger partial charge >= 0.3 is 0 Å². The minimum Gasteiger partial charge on any atom is -0.399 e. The third kappa shape index (κ3) is 1.56. The van der Waals surface area contributed by atoms with Crippen molar-refractivity contribution in [3.63, 3.8) is 0 Å². The first kappa shape index (κ1) is 9.39. The number of anilines is 1. The molecule has 0 saturated heterocycles. The van der Waals surface area contributed by atoms with E-state index >= 15 is 0 Å². The molecule has 1 fully saturated rings. The molecule has 0 spiro atoms. The summed E-state index contributed by atoms with van der Waals surface area (Å²) < 4.78 is 1.85. The number of aryl methyl sites for hydroxylation is 1. The molecule has 1 aromatic carbocycles. The van der Waals surface area contributed by atoms with Crippen molar-refractivity contribution in [2.24, 2.45) is 7.05 Å². The molecule has 2 aromatic rings. The van der Waals surface area contributed by atoms with Gasteiger partial charge in [0.2, 0.25) is 0 Å². The molecule has 0 unspecified atom stereocenters. The average Bonchev–Trinajstić information content (AvgIpc) is 3.04. The van der Waals surface area contributed by atoms with Gasteiger partial charge in [0.1, 0.15) is 0 Å². The molecule has 16 heavy (non-hydrogen) atoms. The fourth-order valence-electron chi connectivity index (χ4n) is 1.80. The van der Waals surface area contributed by atoms with Crippen molar-refractivity contribution in [2.75, 3.05) is 5.73 Å². The van der Waals surface area contributed by atoms with Gasteiger partial charge < -0.3 is 5.73 Å². The van der Waals surface area contributed by atoms with Crippen LogP contribution in [0.2, 0.25) is 0 Å². The quantitative estimate of drug-likeness (QED) is 0.777. The van der Waals surface area contributed by atoms with Gasteiger partial charge in [-0.1, -0.05) is 0 Å². The summed E-state index contributed by atoms with van der Waals surface area (Å²) in [5.74, 6) is 2.49. The number of nitrogens with zero attached hydrogens (tertiary/aromatic N) is 3. The lowest BCUT2D eigenvalue weighted by molar-refractivity contribution is 0.750. The van der Waals surface area contributed by atoms with Crippen LogP contribution in [-0.4, -0.2) is 14.8 Å². The maximum Gasteiger partial charge on any atom is 0.158 e. The zero-order valence-corrected chi connectivity index (χ0v) is 9.22. The van der Waals surface area contributed by atoms with Crippen LogP contribution in [0.15, 0.2) is 24.3 Å². The van der Waals surface area contributed by atoms with Gasteiger partial charge in [-0.05, 0) is 37.1 Å². The minimum atomic E-state index is 0.591. The smallest absolute Gasteiger partial charge is 0.158 e. The summed E-state index contributed by atoms with van der Waals surface area (Å²) in [5, 5.41) is 4.45. The topological polar surface area (TPSA) is 56.7 Å². The Labute approximate surface area is 94.1 Å². The summed E-state index contributed by atoms with van der Waals surface area (Å²) in [5.41, 5.74) is 7.50. The highest BCUT2D eigenvalue weighted by molar-refractivity contribution is 5.58. The van der Waals surface area contributed by atoms with Crippen molar-refractivity contribution in [1.29, 1.82) is 0 Å². The van der Waals surface area contributed by atoms with Crippen molar-refractivity contribution in [3.8, 4) is 11.4 Å². The Balaban J connectivity index is 2.01. The average molecular weight is 214 g/mol. The molecule has 0 aliphatic heterocycles. The molecule has 0 amide bonds. The molecule has 82 valence electrons. The summed E-state index contributed by atoms with van der Waals surface area (Å²) in [6, 6.07) is 7.74. The Morgan fingerprint density at radius 3 is 2.56 bits per heavy atom. The molecule has 1 aromatic heterocycles. The lowest BCUT2D eigenvalue weighted by atomic mass is 10.2. The summed E-state index contributed by atoms with van der Waals surface area (Å²) in [6.07, 6.45) is 2.45. The maximum absolute atomic E-state index is 5.66. The highest BCUT2D eigenvalue weighted by Gasteiger charge is 2.28. The summed E-state index contributed by atoms with van der Waals surface area (Å²) in [6.45, 7) is 0. The van der Waals surface area contributed by atoms with Gasteiger partial charge in [-0.2, -0.15) is 5.10 Å². The maximum atomic E-state index is 5.66. The standard InChI is InChI=1S/C12H14N4/c1-16-12(9-4-6-10(13)7-5-9)14-11(15-16)8-2-3-8/h4-8H,2-3,13H2,1H3. The second kappa shape index (κ2) is 3.33. The van der Waals surface area contributed by atoms with Crippen LogP contribution in [0.5, 0.6) is 0 Å². The van der Waals surface area contributed by atoms with Crippen molar-refractivity contribution in [2.45, 2.75) is 18.8 Å². The van der Waals surface area contributed by atoms with Gasteiger partial charge in [0.15, 0.2) is 11.6 Å². The van der Waals surface area contributed by atoms with Crippen LogP contribution in [0, 0.1) is 0 Å². The number of nitrogen functional groups attached to an aromatic ring is 1. The van der Waals surface area contributed by atoms with Gasteiger partial charge in [-0.3, -0.25) is 0 Å². The highest BCUT2D eigenvalue weighted by Crippen LogP contribution is 2.38. The third-order valence-corrected chi connectivity index (χ3v) is 2.89. The number of nitrogens with two attached hydrogens (primary N) is 1.